The minimum Gasteiger partial charge on any atom is -0.494 e. The van der Waals surface area contributed by atoms with Crippen LogP contribution < -0.4 is 10.1 Å². The topological polar surface area (TPSA) is 38.3 Å². The molecule has 0 atom stereocenters. The Kier molecular flexibility index (Phi) is 5.22. The monoisotopic (exact) mass is 363 g/mol. The molecule has 2 aromatic rings. The highest BCUT2D eigenvalue weighted by Gasteiger charge is 2.15. The molecule has 1 amide bonds. The van der Waals surface area contributed by atoms with Crippen molar-refractivity contribution in [3.8, 4) is 5.75 Å². The third-order valence-electron chi connectivity index (χ3n) is 2.66. The highest BCUT2D eigenvalue weighted by atomic mass is 35.5. The Hall–Kier alpha value is -1.13. The molecule has 0 aliphatic carbocycles. The second-order valence-corrected chi connectivity index (χ2v) is 5.63. The number of carbonyl (C=O) groups excluding carboxylic acids is 1. The number of carbonyl (C=O) groups is 1. The minimum absolute atomic E-state index is 0.243. The van der Waals surface area contributed by atoms with Gasteiger partial charge in [0.15, 0.2) is 5.75 Å². The molecule has 0 aromatic heterocycles. The van der Waals surface area contributed by atoms with E-state index in [2.05, 4.69) is 5.32 Å². The molecule has 3 nitrogen and oxygen atoms in total. The molecule has 0 spiro atoms. The van der Waals surface area contributed by atoms with Gasteiger partial charge in [0.05, 0.1) is 32.9 Å². The molecule has 1 N–H and O–H groups in total. The largest absolute Gasteiger partial charge is 0.494 e. The Morgan fingerprint density at radius 3 is 2.24 bits per heavy atom. The van der Waals surface area contributed by atoms with Crippen LogP contribution in [-0.4, -0.2) is 13.0 Å². The van der Waals surface area contributed by atoms with Gasteiger partial charge in [-0.3, -0.25) is 4.79 Å². The average Bonchev–Trinajstić information content (AvgIpc) is 2.43. The van der Waals surface area contributed by atoms with E-state index in [4.69, 9.17) is 51.1 Å². The van der Waals surface area contributed by atoms with Crippen molar-refractivity contribution in [1.29, 1.82) is 0 Å². The Morgan fingerprint density at radius 1 is 1.05 bits per heavy atom. The zero-order valence-corrected chi connectivity index (χ0v) is 13.7. The molecule has 0 unspecified atom stereocenters. The van der Waals surface area contributed by atoms with Crippen LogP contribution in [0.25, 0.3) is 0 Å². The molecule has 0 aliphatic rings. The maximum atomic E-state index is 12.2. The SMILES string of the molecule is COc1c(Cl)cc(C(=O)Nc2cccc(Cl)c2Cl)cc1Cl. The summed E-state index contributed by atoms with van der Waals surface area (Å²) in [6.07, 6.45) is 0. The second-order valence-electron chi connectivity index (χ2n) is 4.03. The van der Waals surface area contributed by atoms with Crippen LogP contribution >= 0.6 is 46.4 Å². The lowest BCUT2D eigenvalue weighted by Crippen LogP contribution is -2.12. The fraction of sp³-hybridized carbons (Fsp3) is 0.0714. The van der Waals surface area contributed by atoms with Crippen molar-refractivity contribution in [2.45, 2.75) is 0 Å². The first kappa shape index (κ1) is 16.2. The van der Waals surface area contributed by atoms with Gasteiger partial charge < -0.3 is 10.1 Å². The Labute approximate surface area is 141 Å². The summed E-state index contributed by atoms with van der Waals surface area (Å²) < 4.78 is 5.03. The smallest absolute Gasteiger partial charge is 0.255 e. The zero-order valence-electron chi connectivity index (χ0n) is 10.7. The van der Waals surface area contributed by atoms with Crippen LogP contribution in [0.1, 0.15) is 10.4 Å². The van der Waals surface area contributed by atoms with Gasteiger partial charge in [0.25, 0.3) is 5.91 Å². The summed E-state index contributed by atoms with van der Waals surface area (Å²) >= 11 is 23.9. The lowest BCUT2D eigenvalue weighted by atomic mass is 10.2. The molecule has 0 saturated carbocycles. The van der Waals surface area contributed by atoms with Gasteiger partial charge in [-0.15, -0.1) is 0 Å². The molecule has 21 heavy (non-hydrogen) atoms. The van der Waals surface area contributed by atoms with E-state index in [1.54, 1.807) is 18.2 Å². The molecule has 7 heteroatoms. The zero-order chi connectivity index (χ0) is 15.6. The van der Waals surface area contributed by atoms with Crippen LogP contribution in [0.4, 0.5) is 5.69 Å². The maximum absolute atomic E-state index is 12.2. The van der Waals surface area contributed by atoms with Gasteiger partial charge >= 0.3 is 0 Å². The number of hydrogen-bond donors (Lipinski definition) is 1. The molecule has 0 heterocycles. The van der Waals surface area contributed by atoms with E-state index in [9.17, 15) is 4.79 Å². The van der Waals surface area contributed by atoms with Gasteiger partial charge in [0, 0.05) is 5.56 Å². The number of rotatable bonds is 3. The standard InChI is InChI=1S/C14H9Cl4NO2/c1-21-13-9(16)5-7(6-10(13)17)14(20)19-11-4-2-3-8(15)12(11)18/h2-6H,1H3,(H,19,20). The van der Waals surface area contributed by atoms with Gasteiger partial charge in [-0.25, -0.2) is 0 Å². The molecule has 0 fully saturated rings. The third kappa shape index (κ3) is 3.55. The first-order valence-electron chi connectivity index (χ1n) is 5.72. The van der Waals surface area contributed by atoms with E-state index >= 15 is 0 Å². The Bertz CT molecular complexity index is 680. The average molecular weight is 365 g/mol. The number of halogens is 4. The van der Waals surface area contributed by atoms with Gasteiger partial charge in [0.2, 0.25) is 0 Å². The van der Waals surface area contributed by atoms with Crippen LogP contribution in [0.2, 0.25) is 20.1 Å². The molecule has 0 bridgehead atoms. The number of anilines is 1. The number of methoxy groups -OCH3 is 1. The fourth-order valence-electron chi connectivity index (χ4n) is 1.68. The van der Waals surface area contributed by atoms with E-state index < -0.39 is 5.91 Å². The lowest BCUT2D eigenvalue weighted by molar-refractivity contribution is 0.102. The third-order valence-corrected chi connectivity index (χ3v) is 4.04. The fourth-order valence-corrected chi connectivity index (χ4v) is 2.67. The van der Waals surface area contributed by atoms with Crippen molar-refractivity contribution in [2.75, 3.05) is 12.4 Å². The van der Waals surface area contributed by atoms with Crippen LogP contribution in [0.15, 0.2) is 30.3 Å². The molecule has 2 aromatic carbocycles. The van der Waals surface area contributed by atoms with Crippen LogP contribution in [0, 0.1) is 0 Å². The van der Waals surface area contributed by atoms with Crippen LogP contribution in [0.5, 0.6) is 5.75 Å². The molecule has 0 radical (unpaired) electrons. The number of benzene rings is 2. The summed E-state index contributed by atoms with van der Waals surface area (Å²) in [4.78, 5) is 12.2. The number of ether oxygens (including phenoxy) is 1. The van der Waals surface area contributed by atoms with Crippen molar-refractivity contribution in [3.63, 3.8) is 0 Å². The molecule has 0 aliphatic heterocycles. The molecule has 110 valence electrons. The van der Waals surface area contributed by atoms with Crippen LogP contribution in [-0.2, 0) is 0 Å². The Balaban J connectivity index is 2.31. The van der Waals surface area contributed by atoms with E-state index in [0.717, 1.165) is 0 Å². The summed E-state index contributed by atoms with van der Waals surface area (Å²) in [5, 5.41) is 3.74. The van der Waals surface area contributed by atoms with Crippen molar-refractivity contribution >= 4 is 58.0 Å². The highest BCUT2D eigenvalue weighted by molar-refractivity contribution is 6.44. The summed E-state index contributed by atoms with van der Waals surface area (Å²) in [7, 11) is 1.44. The van der Waals surface area contributed by atoms with Gasteiger partial charge in [-0.2, -0.15) is 0 Å². The quantitative estimate of drug-likeness (QED) is 0.773. The summed E-state index contributed by atoms with van der Waals surface area (Å²) in [5.74, 6) is -0.0960. The summed E-state index contributed by atoms with van der Waals surface area (Å²) in [6, 6.07) is 7.86. The Morgan fingerprint density at radius 2 is 1.67 bits per heavy atom. The van der Waals surface area contributed by atoms with Crippen molar-refractivity contribution in [1.82, 2.24) is 0 Å². The van der Waals surface area contributed by atoms with E-state index in [1.807, 2.05) is 0 Å². The first-order chi connectivity index (χ1) is 9.93. The number of amides is 1. The normalized spacial score (nSPS) is 10.3. The minimum atomic E-state index is -0.411. The predicted octanol–water partition coefficient (Wildman–Crippen LogP) is 5.56. The predicted molar refractivity (Wildman–Crippen MR) is 87.4 cm³/mol. The summed E-state index contributed by atoms with van der Waals surface area (Å²) in [6.45, 7) is 0. The molecule has 2 rings (SSSR count). The molecule has 0 saturated heterocycles. The maximum Gasteiger partial charge on any atom is 0.255 e. The van der Waals surface area contributed by atoms with Gasteiger partial charge in [-0.1, -0.05) is 52.5 Å². The van der Waals surface area contributed by atoms with Gasteiger partial charge in [-0.05, 0) is 24.3 Å². The van der Waals surface area contributed by atoms with Gasteiger partial charge in [0.1, 0.15) is 0 Å². The van der Waals surface area contributed by atoms with E-state index in [1.165, 1.54) is 19.2 Å². The van der Waals surface area contributed by atoms with Crippen molar-refractivity contribution in [3.05, 3.63) is 56.0 Å². The van der Waals surface area contributed by atoms with E-state index in [-0.39, 0.29) is 20.6 Å². The van der Waals surface area contributed by atoms with Crippen molar-refractivity contribution in [2.24, 2.45) is 0 Å². The van der Waals surface area contributed by atoms with Crippen molar-refractivity contribution < 1.29 is 9.53 Å². The first-order valence-corrected chi connectivity index (χ1v) is 7.23. The molecular formula is C14H9Cl4NO2. The number of nitrogens with one attached hydrogen (secondary N) is 1. The van der Waals surface area contributed by atoms with E-state index in [0.29, 0.717) is 16.5 Å². The highest BCUT2D eigenvalue weighted by Crippen LogP contribution is 2.34. The molecular weight excluding hydrogens is 356 g/mol. The second kappa shape index (κ2) is 6.75. The number of hydrogen-bond acceptors (Lipinski definition) is 2. The lowest BCUT2D eigenvalue weighted by Gasteiger charge is -2.10. The summed E-state index contributed by atoms with van der Waals surface area (Å²) in [5.41, 5.74) is 0.680. The van der Waals surface area contributed by atoms with Crippen LogP contribution in [0.3, 0.4) is 0 Å².